The zero-order chi connectivity index (χ0) is 29.8. The van der Waals surface area contributed by atoms with E-state index in [2.05, 4.69) is 23.3 Å². The Bertz CT molecular complexity index is 682. The number of hydrogen-bond donors (Lipinski definition) is 2. The van der Waals surface area contributed by atoms with E-state index in [4.69, 9.17) is 24.1 Å². The number of esters is 2. The van der Waals surface area contributed by atoms with E-state index >= 15 is 0 Å². The lowest BCUT2D eigenvalue weighted by Crippen LogP contribution is -2.44. The van der Waals surface area contributed by atoms with Gasteiger partial charge in [-0.05, 0) is 52.4 Å². The van der Waals surface area contributed by atoms with Crippen molar-refractivity contribution < 1.29 is 57.8 Å². The van der Waals surface area contributed by atoms with E-state index in [9.17, 15) is 24.3 Å². The minimum Gasteiger partial charge on any atom is -0.465 e. The molecule has 1 rings (SSSR count). The third kappa shape index (κ3) is 17.0. The maximum atomic E-state index is 11.6. The summed E-state index contributed by atoms with van der Waals surface area (Å²) in [4.78, 5) is 44.8. The van der Waals surface area contributed by atoms with E-state index in [0.717, 1.165) is 12.8 Å². The molecule has 1 unspecified atom stereocenters. The highest BCUT2D eigenvalue weighted by molar-refractivity contribution is 5.78. The molecular formula is C26H48O12. The van der Waals surface area contributed by atoms with Gasteiger partial charge in [0.2, 0.25) is 0 Å². The average Bonchev–Trinajstić information content (AvgIpc) is 2.85. The van der Waals surface area contributed by atoms with Gasteiger partial charge in [-0.3, -0.25) is 9.59 Å². The van der Waals surface area contributed by atoms with Crippen molar-refractivity contribution in [2.24, 2.45) is 22.7 Å². The van der Waals surface area contributed by atoms with Gasteiger partial charge in [0.25, 0.3) is 0 Å². The van der Waals surface area contributed by atoms with Crippen molar-refractivity contribution >= 4 is 24.2 Å². The monoisotopic (exact) mass is 552 g/mol. The molecule has 38 heavy (non-hydrogen) atoms. The lowest BCUT2D eigenvalue weighted by Gasteiger charge is -2.29. The molecule has 1 fully saturated rings. The first-order chi connectivity index (χ1) is 17.7. The fraction of sp³-hybridized carbons (Fsp3) is 0.846. The van der Waals surface area contributed by atoms with Crippen molar-refractivity contribution in [3.05, 3.63) is 0 Å². The number of hydrogen-bond acceptors (Lipinski definition) is 12. The normalized spacial score (nSPS) is 15.3. The predicted molar refractivity (Wildman–Crippen MR) is 137 cm³/mol. The molecule has 1 aliphatic heterocycles. The Morgan fingerprint density at radius 1 is 0.921 bits per heavy atom. The summed E-state index contributed by atoms with van der Waals surface area (Å²) < 4.78 is 28.5. The molecule has 12 heteroatoms. The van der Waals surface area contributed by atoms with Crippen molar-refractivity contribution in [2.75, 3.05) is 52.9 Å². The van der Waals surface area contributed by atoms with Crippen LogP contribution in [0.5, 0.6) is 0 Å². The van der Waals surface area contributed by atoms with Gasteiger partial charge < -0.3 is 38.6 Å². The van der Waals surface area contributed by atoms with Crippen molar-refractivity contribution in [3.63, 3.8) is 0 Å². The van der Waals surface area contributed by atoms with Gasteiger partial charge in [0.15, 0.2) is 0 Å². The number of aliphatic hydroxyl groups excluding tert-OH is 2. The first kappa shape index (κ1) is 37.6. The lowest BCUT2D eigenvalue weighted by atomic mass is 9.93. The van der Waals surface area contributed by atoms with E-state index in [-0.39, 0.29) is 33.0 Å². The van der Waals surface area contributed by atoms with Crippen LogP contribution < -0.4 is 0 Å². The molecule has 2 N–H and O–H groups in total. The largest absolute Gasteiger partial charge is 0.508 e. The lowest BCUT2D eigenvalue weighted by molar-refractivity contribution is -0.165. The molecule has 0 bridgehead atoms. The van der Waals surface area contributed by atoms with Gasteiger partial charge in [0.05, 0.1) is 26.4 Å². The molecule has 1 atom stereocenters. The molecule has 12 nitrogen and oxygen atoms in total. The van der Waals surface area contributed by atoms with Crippen LogP contribution in [0, 0.1) is 22.7 Å². The van der Waals surface area contributed by atoms with Crippen LogP contribution in [0.1, 0.15) is 68.2 Å². The smallest absolute Gasteiger partial charge is 0.465 e. The minimum atomic E-state index is -1.26. The Morgan fingerprint density at radius 2 is 1.45 bits per heavy atom. The van der Waals surface area contributed by atoms with Gasteiger partial charge >= 0.3 is 24.2 Å². The topological polar surface area (TPSA) is 164 Å². The van der Waals surface area contributed by atoms with E-state index in [1.165, 1.54) is 6.92 Å². The number of carbonyl (C=O) groups excluding carboxylic acids is 4. The number of ether oxygens (including phenoxy) is 6. The van der Waals surface area contributed by atoms with Gasteiger partial charge in [-0.25, -0.2) is 9.59 Å². The molecule has 1 aliphatic rings. The van der Waals surface area contributed by atoms with E-state index in [0.29, 0.717) is 25.0 Å². The summed E-state index contributed by atoms with van der Waals surface area (Å²) in [6, 6.07) is 0. The minimum absolute atomic E-state index is 0.0185. The highest BCUT2D eigenvalue weighted by Crippen LogP contribution is 2.23. The van der Waals surface area contributed by atoms with Crippen LogP contribution in [-0.2, 0) is 38.0 Å². The molecule has 0 aliphatic carbocycles. The number of cyclic esters (lactones) is 2. The molecule has 1 saturated heterocycles. The second-order valence-electron chi connectivity index (χ2n) is 10.0. The Hall–Kier alpha value is -2.60. The fourth-order valence-electron chi connectivity index (χ4n) is 2.31. The molecule has 1 heterocycles. The van der Waals surface area contributed by atoms with Gasteiger partial charge in [0, 0.05) is 6.61 Å². The van der Waals surface area contributed by atoms with Gasteiger partial charge in [-0.15, -0.1) is 0 Å². The van der Waals surface area contributed by atoms with Crippen LogP contribution in [0.25, 0.3) is 0 Å². The molecule has 0 aromatic heterocycles. The summed E-state index contributed by atoms with van der Waals surface area (Å²) in [6.45, 7) is 15.1. The van der Waals surface area contributed by atoms with Crippen LogP contribution in [0.15, 0.2) is 0 Å². The Morgan fingerprint density at radius 3 is 1.84 bits per heavy atom. The molecule has 0 amide bonds. The highest BCUT2D eigenvalue weighted by atomic mass is 16.7. The molecule has 224 valence electrons. The van der Waals surface area contributed by atoms with Crippen molar-refractivity contribution in [2.45, 2.75) is 68.2 Å². The summed E-state index contributed by atoms with van der Waals surface area (Å²) in [7, 11) is 0. The Labute approximate surface area is 226 Å². The van der Waals surface area contributed by atoms with Crippen LogP contribution in [0.2, 0.25) is 0 Å². The molecular weight excluding hydrogens is 504 g/mol. The number of carbonyl (C=O) groups is 4. The maximum absolute atomic E-state index is 11.6. The van der Waals surface area contributed by atoms with E-state index in [1.54, 1.807) is 20.8 Å². The summed E-state index contributed by atoms with van der Waals surface area (Å²) in [6.07, 6.45) is 0.0935. The van der Waals surface area contributed by atoms with Gasteiger partial charge in [-0.2, -0.15) is 0 Å². The van der Waals surface area contributed by atoms with Gasteiger partial charge in [0.1, 0.15) is 30.7 Å². The van der Waals surface area contributed by atoms with Crippen LogP contribution in [-0.4, -0.2) is 87.3 Å². The van der Waals surface area contributed by atoms with E-state index < -0.39 is 41.7 Å². The third-order valence-corrected chi connectivity index (χ3v) is 5.03. The van der Waals surface area contributed by atoms with Crippen molar-refractivity contribution in [1.82, 2.24) is 0 Å². The molecule has 0 aromatic carbocycles. The quantitative estimate of drug-likeness (QED) is 0.268. The zero-order valence-corrected chi connectivity index (χ0v) is 24.2. The van der Waals surface area contributed by atoms with Crippen LogP contribution in [0.3, 0.4) is 0 Å². The van der Waals surface area contributed by atoms with Crippen molar-refractivity contribution in [3.8, 4) is 0 Å². The van der Waals surface area contributed by atoms with Crippen LogP contribution >= 0.6 is 0 Å². The average molecular weight is 553 g/mol. The predicted octanol–water partition coefficient (Wildman–Crippen LogP) is 3.49. The first-order valence-electron chi connectivity index (χ1n) is 12.9. The van der Waals surface area contributed by atoms with Gasteiger partial charge in [-0.1, -0.05) is 27.7 Å². The highest BCUT2D eigenvalue weighted by Gasteiger charge is 2.41. The van der Waals surface area contributed by atoms with Crippen molar-refractivity contribution in [1.29, 1.82) is 0 Å². The van der Waals surface area contributed by atoms with Crippen LogP contribution in [0.4, 0.5) is 9.59 Å². The maximum Gasteiger partial charge on any atom is 0.508 e. The van der Waals surface area contributed by atoms with E-state index in [1.807, 2.05) is 13.8 Å². The summed E-state index contributed by atoms with van der Waals surface area (Å²) in [5.74, 6) is 0.0695. The summed E-state index contributed by atoms with van der Waals surface area (Å²) >= 11 is 0. The molecule has 0 spiro atoms. The standard InChI is InChI=1S/C13H24O6.C8H12O5.C5H12O/c1-5-17-11(15)13(4,8-14)9-19-12(16)18-7-6-10(2)3;1-3-11-6(9)8(2)4-12-7(10)13-5-8;1-5(2)3-4-6/h10,14H,5-9H2,1-4H3;3-5H2,1-2H3;5-6H,3-4H2,1-2H3. The Kier molecular flexibility index (Phi) is 20.1. The number of rotatable bonds is 12. The molecule has 0 radical (unpaired) electrons. The third-order valence-electron chi connectivity index (χ3n) is 5.03. The summed E-state index contributed by atoms with van der Waals surface area (Å²) in [5, 5.41) is 17.4. The first-order valence-corrected chi connectivity index (χ1v) is 12.9. The zero-order valence-electron chi connectivity index (χ0n) is 24.2. The SMILES string of the molecule is CC(C)CCO.CCOC(=O)C(C)(CO)COC(=O)OCCC(C)C.CCOC(=O)C1(C)COC(=O)OC1. The summed E-state index contributed by atoms with van der Waals surface area (Å²) in [5.41, 5.74) is -2.11. The second kappa shape index (κ2) is 20.4. The number of aliphatic hydroxyl groups is 2. The molecule has 0 saturated carbocycles. The second-order valence-corrected chi connectivity index (χ2v) is 10.0. The molecule has 0 aromatic rings. The fourth-order valence-corrected chi connectivity index (χ4v) is 2.31. The Balaban J connectivity index is 0.